The fourth-order valence-corrected chi connectivity index (χ4v) is 4.54. The number of hydrogen-bond acceptors (Lipinski definition) is 4. The number of nitrogens with zero attached hydrogens (tertiary/aromatic N) is 2. The van der Waals surface area contributed by atoms with Crippen molar-refractivity contribution in [3.63, 3.8) is 0 Å². The maximum atomic E-state index is 12.7. The van der Waals surface area contributed by atoms with Gasteiger partial charge in [-0.2, -0.15) is 0 Å². The summed E-state index contributed by atoms with van der Waals surface area (Å²) in [6, 6.07) is 20.8. The molecule has 0 bridgehead atoms. The molecule has 0 aromatic heterocycles. The Kier molecular flexibility index (Phi) is 7.99. The van der Waals surface area contributed by atoms with Crippen LogP contribution < -0.4 is 15.0 Å². The zero-order chi connectivity index (χ0) is 24.1. The highest BCUT2D eigenvalue weighted by molar-refractivity contribution is 6.33. The van der Waals surface area contributed by atoms with E-state index in [2.05, 4.69) is 21.2 Å². The van der Waals surface area contributed by atoms with Gasteiger partial charge in [0, 0.05) is 49.0 Å². The predicted molar refractivity (Wildman–Crippen MR) is 141 cm³/mol. The van der Waals surface area contributed by atoms with Crippen LogP contribution in [0.15, 0.2) is 66.7 Å². The van der Waals surface area contributed by atoms with Crippen LogP contribution in [0.2, 0.25) is 10.0 Å². The summed E-state index contributed by atoms with van der Waals surface area (Å²) in [5, 5.41) is 4.36. The van der Waals surface area contributed by atoms with E-state index >= 15 is 0 Å². The lowest BCUT2D eigenvalue weighted by molar-refractivity contribution is 0.102. The third-order valence-electron chi connectivity index (χ3n) is 5.74. The number of nitrogens with one attached hydrogen (secondary N) is 1. The van der Waals surface area contributed by atoms with Crippen molar-refractivity contribution in [1.82, 2.24) is 4.90 Å². The first-order chi connectivity index (χ1) is 16.4. The summed E-state index contributed by atoms with van der Waals surface area (Å²) in [4.78, 5) is 17.4. The summed E-state index contributed by atoms with van der Waals surface area (Å²) in [5.41, 5.74) is 3.32. The van der Waals surface area contributed by atoms with E-state index in [1.807, 2.05) is 56.3 Å². The lowest BCUT2D eigenvalue weighted by atomic mass is 10.1. The first-order valence-electron chi connectivity index (χ1n) is 11.5. The summed E-state index contributed by atoms with van der Waals surface area (Å²) in [6.07, 6.45) is 0.0441. The fourth-order valence-electron chi connectivity index (χ4n) is 4.04. The van der Waals surface area contributed by atoms with Gasteiger partial charge in [-0.05, 0) is 61.9 Å². The molecule has 1 heterocycles. The predicted octanol–water partition coefficient (Wildman–Crippen LogP) is 6.36. The van der Waals surface area contributed by atoms with Crippen LogP contribution in [-0.4, -0.2) is 43.1 Å². The molecule has 1 fully saturated rings. The van der Waals surface area contributed by atoms with E-state index in [0.29, 0.717) is 22.0 Å². The number of rotatable bonds is 7. The lowest BCUT2D eigenvalue weighted by Gasteiger charge is -2.36. The third-order valence-corrected chi connectivity index (χ3v) is 6.41. The Morgan fingerprint density at radius 3 is 2.41 bits per heavy atom. The van der Waals surface area contributed by atoms with E-state index in [1.54, 1.807) is 18.2 Å². The Morgan fingerprint density at radius 1 is 0.941 bits per heavy atom. The number of amides is 1. The van der Waals surface area contributed by atoms with Gasteiger partial charge in [0.25, 0.3) is 5.91 Å². The minimum Gasteiger partial charge on any atom is -0.491 e. The monoisotopic (exact) mass is 497 g/mol. The second kappa shape index (κ2) is 11.1. The highest BCUT2D eigenvalue weighted by atomic mass is 35.5. The smallest absolute Gasteiger partial charge is 0.255 e. The summed E-state index contributed by atoms with van der Waals surface area (Å²) in [6.45, 7) is 8.35. The molecule has 178 valence electrons. The van der Waals surface area contributed by atoms with Crippen molar-refractivity contribution in [3.05, 3.63) is 87.9 Å². The molecule has 3 aromatic rings. The summed E-state index contributed by atoms with van der Waals surface area (Å²) < 4.78 is 5.69. The minimum absolute atomic E-state index is 0.0441. The average Bonchev–Trinajstić information content (AvgIpc) is 2.81. The van der Waals surface area contributed by atoms with E-state index < -0.39 is 0 Å². The van der Waals surface area contributed by atoms with Gasteiger partial charge < -0.3 is 15.0 Å². The average molecular weight is 498 g/mol. The fraction of sp³-hybridized carbons (Fsp3) is 0.296. The summed E-state index contributed by atoms with van der Waals surface area (Å²) >= 11 is 12.9. The molecule has 3 aromatic carbocycles. The van der Waals surface area contributed by atoms with Crippen LogP contribution in [0.25, 0.3) is 0 Å². The Balaban J connectivity index is 1.35. The summed E-state index contributed by atoms with van der Waals surface area (Å²) in [7, 11) is 0. The van der Waals surface area contributed by atoms with Crippen LogP contribution in [0.3, 0.4) is 0 Å². The molecule has 0 spiro atoms. The molecule has 4 rings (SSSR count). The largest absolute Gasteiger partial charge is 0.491 e. The number of anilines is 2. The van der Waals surface area contributed by atoms with Gasteiger partial charge in [0.2, 0.25) is 0 Å². The van der Waals surface area contributed by atoms with Crippen LogP contribution in [0, 0.1) is 0 Å². The van der Waals surface area contributed by atoms with Crippen LogP contribution in [0.4, 0.5) is 11.4 Å². The Labute approximate surface area is 211 Å². The maximum absolute atomic E-state index is 12.7. The SMILES string of the molecule is CC(C)Oc1cccc(C(=O)Nc2ccc(N3CCN(Cc4ccccc4Cl)CC3)c(Cl)c2)c1. The van der Waals surface area contributed by atoms with Crippen molar-refractivity contribution in [2.24, 2.45) is 0 Å². The molecular formula is C27H29Cl2N3O2. The number of carbonyl (C=O) groups excluding carboxylic acids is 1. The van der Waals surface area contributed by atoms with E-state index in [9.17, 15) is 4.79 Å². The second-order valence-corrected chi connectivity index (χ2v) is 9.48. The molecule has 0 unspecified atom stereocenters. The molecule has 5 nitrogen and oxygen atoms in total. The van der Waals surface area contributed by atoms with E-state index in [4.69, 9.17) is 27.9 Å². The van der Waals surface area contributed by atoms with Gasteiger partial charge in [0.05, 0.1) is 16.8 Å². The van der Waals surface area contributed by atoms with Crippen molar-refractivity contribution in [3.8, 4) is 5.75 Å². The van der Waals surface area contributed by atoms with Crippen LogP contribution >= 0.6 is 23.2 Å². The zero-order valence-corrected chi connectivity index (χ0v) is 20.9. The van der Waals surface area contributed by atoms with Gasteiger partial charge in [0.15, 0.2) is 0 Å². The van der Waals surface area contributed by atoms with Gasteiger partial charge in [-0.15, -0.1) is 0 Å². The number of benzene rings is 3. The van der Waals surface area contributed by atoms with Gasteiger partial charge in [0.1, 0.15) is 5.75 Å². The Morgan fingerprint density at radius 2 is 1.71 bits per heavy atom. The number of hydrogen-bond donors (Lipinski definition) is 1. The van der Waals surface area contributed by atoms with Crippen molar-refractivity contribution in [2.45, 2.75) is 26.5 Å². The molecule has 0 radical (unpaired) electrons. The van der Waals surface area contributed by atoms with E-state index in [-0.39, 0.29) is 12.0 Å². The molecule has 7 heteroatoms. The van der Waals surface area contributed by atoms with Gasteiger partial charge in [-0.3, -0.25) is 9.69 Å². The molecule has 1 aliphatic rings. The standard InChI is InChI=1S/C27H29Cl2N3O2/c1-19(2)34-23-8-5-7-20(16-23)27(33)30-22-10-11-26(25(29)17-22)32-14-12-31(13-15-32)18-21-6-3-4-9-24(21)28/h3-11,16-17,19H,12-15,18H2,1-2H3,(H,30,33). The topological polar surface area (TPSA) is 44.8 Å². The van der Waals surface area contributed by atoms with E-state index in [1.165, 1.54) is 0 Å². The maximum Gasteiger partial charge on any atom is 0.255 e. The van der Waals surface area contributed by atoms with Gasteiger partial charge >= 0.3 is 0 Å². The van der Waals surface area contributed by atoms with Crippen molar-refractivity contribution >= 4 is 40.5 Å². The number of piperazine rings is 1. The molecule has 1 N–H and O–H groups in total. The molecule has 34 heavy (non-hydrogen) atoms. The van der Waals surface area contributed by atoms with Gasteiger partial charge in [-0.25, -0.2) is 0 Å². The molecule has 1 saturated heterocycles. The van der Waals surface area contributed by atoms with E-state index in [0.717, 1.165) is 49.0 Å². The van der Waals surface area contributed by atoms with Crippen molar-refractivity contribution in [1.29, 1.82) is 0 Å². The normalized spacial score (nSPS) is 14.3. The van der Waals surface area contributed by atoms with Crippen LogP contribution in [0.1, 0.15) is 29.8 Å². The zero-order valence-electron chi connectivity index (χ0n) is 19.4. The number of halogens is 2. The summed E-state index contributed by atoms with van der Waals surface area (Å²) in [5.74, 6) is 0.468. The molecular weight excluding hydrogens is 469 g/mol. The first-order valence-corrected chi connectivity index (χ1v) is 12.2. The van der Waals surface area contributed by atoms with Crippen molar-refractivity contribution < 1.29 is 9.53 Å². The minimum atomic E-state index is -0.203. The number of carbonyl (C=O) groups is 1. The first kappa shape index (κ1) is 24.4. The molecule has 0 aliphatic carbocycles. The highest BCUT2D eigenvalue weighted by Crippen LogP contribution is 2.30. The third kappa shape index (κ3) is 6.23. The molecule has 0 saturated carbocycles. The Bertz CT molecular complexity index is 1140. The molecule has 0 atom stereocenters. The highest BCUT2D eigenvalue weighted by Gasteiger charge is 2.20. The lowest BCUT2D eigenvalue weighted by Crippen LogP contribution is -2.46. The Hall–Kier alpha value is -2.73. The van der Waals surface area contributed by atoms with Gasteiger partial charge in [-0.1, -0.05) is 47.5 Å². The second-order valence-electron chi connectivity index (χ2n) is 8.67. The van der Waals surface area contributed by atoms with Crippen LogP contribution in [-0.2, 0) is 6.54 Å². The van der Waals surface area contributed by atoms with Crippen molar-refractivity contribution in [2.75, 3.05) is 36.4 Å². The molecule has 1 aliphatic heterocycles. The quantitative estimate of drug-likeness (QED) is 0.412. The molecule has 1 amide bonds. The van der Waals surface area contributed by atoms with Crippen LogP contribution in [0.5, 0.6) is 5.75 Å². The number of ether oxygens (including phenoxy) is 1.